The van der Waals surface area contributed by atoms with Gasteiger partial charge in [-0.05, 0) is 40.5 Å². The Morgan fingerprint density at radius 2 is 2.21 bits per heavy atom. The van der Waals surface area contributed by atoms with Gasteiger partial charge in [-0.25, -0.2) is 0 Å². The maximum atomic E-state index is 12.3. The van der Waals surface area contributed by atoms with Crippen LogP contribution in [0.3, 0.4) is 0 Å². The van der Waals surface area contributed by atoms with Crippen molar-refractivity contribution in [2.24, 2.45) is 5.92 Å². The first-order valence-corrected chi connectivity index (χ1v) is 7.02. The van der Waals surface area contributed by atoms with Crippen LogP contribution in [0.1, 0.15) is 16.8 Å². The Morgan fingerprint density at radius 1 is 1.47 bits per heavy atom. The summed E-state index contributed by atoms with van der Waals surface area (Å²) in [5, 5.41) is 0.567. The zero-order valence-corrected chi connectivity index (χ0v) is 12.7. The number of esters is 1. The third-order valence-corrected chi connectivity index (χ3v) is 4.06. The molecule has 0 aromatic heterocycles. The van der Waals surface area contributed by atoms with E-state index >= 15 is 0 Å². The lowest BCUT2D eigenvalue weighted by molar-refractivity contribution is -0.144. The van der Waals surface area contributed by atoms with E-state index < -0.39 is 0 Å². The molecule has 1 aromatic carbocycles. The molecule has 1 aliphatic heterocycles. The predicted molar refractivity (Wildman–Crippen MR) is 75.2 cm³/mol. The molecule has 4 nitrogen and oxygen atoms in total. The van der Waals surface area contributed by atoms with Crippen molar-refractivity contribution in [1.29, 1.82) is 0 Å². The summed E-state index contributed by atoms with van der Waals surface area (Å²) in [6.07, 6.45) is 0.642. The fourth-order valence-electron chi connectivity index (χ4n) is 2.14. The number of likely N-dealkylation sites (tertiary alicyclic amines) is 1. The highest BCUT2D eigenvalue weighted by Crippen LogP contribution is 2.25. The summed E-state index contributed by atoms with van der Waals surface area (Å²) in [6.45, 7) is 0.967. The van der Waals surface area contributed by atoms with Crippen molar-refractivity contribution in [3.63, 3.8) is 0 Å². The average Bonchev–Trinajstić information content (AvgIpc) is 2.86. The number of hydrogen-bond acceptors (Lipinski definition) is 3. The van der Waals surface area contributed by atoms with Crippen LogP contribution in [0.25, 0.3) is 0 Å². The molecule has 1 atom stereocenters. The topological polar surface area (TPSA) is 46.6 Å². The molecule has 1 aromatic rings. The zero-order chi connectivity index (χ0) is 14.0. The zero-order valence-electron chi connectivity index (χ0n) is 10.4. The number of carbonyl (C=O) groups excluding carboxylic acids is 2. The molecule has 0 bridgehead atoms. The fourth-order valence-corrected chi connectivity index (χ4v) is 2.99. The first-order valence-electron chi connectivity index (χ1n) is 5.85. The quantitative estimate of drug-likeness (QED) is 0.774. The first kappa shape index (κ1) is 14.3. The fraction of sp³-hybridized carbons (Fsp3) is 0.385. The lowest BCUT2D eigenvalue weighted by atomic mass is 10.1. The average molecular weight is 347 g/mol. The molecule has 1 heterocycles. The van der Waals surface area contributed by atoms with E-state index in [-0.39, 0.29) is 17.8 Å². The number of amides is 1. The Hall–Kier alpha value is -1.07. The van der Waals surface area contributed by atoms with Gasteiger partial charge >= 0.3 is 5.97 Å². The van der Waals surface area contributed by atoms with E-state index in [2.05, 4.69) is 15.9 Å². The van der Waals surface area contributed by atoms with Crippen LogP contribution in [-0.4, -0.2) is 37.0 Å². The third-order valence-electron chi connectivity index (χ3n) is 3.17. The van der Waals surface area contributed by atoms with Crippen molar-refractivity contribution in [3.8, 4) is 0 Å². The summed E-state index contributed by atoms with van der Waals surface area (Å²) in [5.41, 5.74) is 0.551. The van der Waals surface area contributed by atoms with Crippen LogP contribution in [0, 0.1) is 5.92 Å². The van der Waals surface area contributed by atoms with Crippen LogP contribution in [0.4, 0.5) is 0 Å². The second-order valence-electron chi connectivity index (χ2n) is 4.38. The standard InChI is InChI=1S/C13H13BrClNO3/c1-19-13(18)8-4-5-16(7-8)12(17)10-3-2-9(15)6-11(10)14/h2-3,6,8H,4-5,7H2,1H3. The van der Waals surface area contributed by atoms with E-state index in [0.717, 1.165) is 0 Å². The normalized spacial score (nSPS) is 18.5. The molecule has 0 radical (unpaired) electrons. The van der Waals surface area contributed by atoms with E-state index in [1.807, 2.05) is 0 Å². The van der Waals surface area contributed by atoms with Gasteiger partial charge < -0.3 is 9.64 Å². The van der Waals surface area contributed by atoms with Gasteiger partial charge in [0.1, 0.15) is 0 Å². The van der Waals surface area contributed by atoms with Gasteiger partial charge in [-0.15, -0.1) is 0 Å². The Labute approximate surface area is 124 Å². The molecule has 1 unspecified atom stereocenters. The largest absolute Gasteiger partial charge is 0.469 e. The monoisotopic (exact) mass is 345 g/mol. The minimum absolute atomic E-state index is 0.102. The minimum atomic E-state index is -0.259. The van der Waals surface area contributed by atoms with Gasteiger partial charge in [-0.1, -0.05) is 11.6 Å². The van der Waals surface area contributed by atoms with E-state index in [1.54, 1.807) is 23.1 Å². The first-order chi connectivity index (χ1) is 9.02. The van der Waals surface area contributed by atoms with Crippen LogP contribution in [0.5, 0.6) is 0 Å². The number of hydrogen-bond donors (Lipinski definition) is 0. The number of nitrogens with zero attached hydrogens (tertiary/aromatic N) is 1. The van der Waals surface area contributed by atoms with Crippen molar-refractivity contribution < 1.29 is 14.3 Å². The third kappa shape index (κ3) is 3.09. The highest BCUT2D eigenvalue weighted by Gasteiger charge is 2.32. The maximum absolute atomic E-state index is 12.3. The number of carbonyl (C=O) groups is 2. The number of ether oxygens (including phenoxy) is 1. The van der Waals surface area contributed by atoms with E-state index in [1.165, 1.54) is 7.11 Å². The van der Waals surface area contributed by atoms with Gasteiger partial charge in [-0.3, -0.25) is 9.59 Å². The van der Waals surface area contributed by atoms with Gasteiger partial charge in [0.2, 0.25) is 0 Å². The molecule has 19 heavy (non-hydrogen) atoms. The van der Waals surface area contributed by atoms with Gasteiger partial charge in [0.25, 0.3) is 5.91 Å². The highest BCUT2D eigenvalue weighted by molar-refractivity contribution is 9.10. The molecule has 0 aliphatic carbocycles. The lowest BCUT2D eigenvalue weighted by Gasteiger charge is -2.17. The van der Waals surface area contributed by atoms with E-state index in [4.69, 9.17) is 16.3 Å². The Morgan fingerprint density at radius 3 is 2.84 bits per heavy atom. The molecule has 1 amide bonds. The summed E-state index contributed by atoms with van der Waals surface area (Å²) in [7, 11) is 1.36. The number of halogens is 2. The van der Waals surface area contributed by atoms with Crippen molar-refractivity contribution in [1.82, 2.24) is 4.90 Å². The summed E-state index contributed by atoms with van der Waals surface area (Å²) >= 11 is 9.18. The summed E-state index contributed by atoms with van der Waals surface area (Å²) in [4.78, 5) is 25.4. The molecule has 102 valence electrons. The van der Waals surface area contributed by atoms with Crippen LogP contribution in [0.2, 0.25) is 5.02 Å². The smallest absolute Gasteiger partial charge is 0.310 e. The Bertz CT molecular complexity index is 521. The second-order valence-corrected chi connectivity index (χ2v) is 5.67. The lowest BCUT2D eigenvalue weighted by Crippen LogP contribution is -2.30. The minimum Gasteiger partial charge on any atom is -0.469 e. The summed E-state index contributed by atoms with van der Waals surface area (Å²) in [6, 6.07) is 5.04. The van der Waals surface area contributed by atoms with Crippen molar-refractivity contribution in [3.05, 3.63) is 33.3 Å². The maximum Gasteiger partial charge on any atom is 0.310 e. The molecular formula is C13H13BrClNO3. The van der Waals surface area contributed by atoms with Gasteiger partial charge in [-0.2, -0.15) is 0 Å². The highest BCUT2D eigenvalue weighted by atomic mass is 79.9. The van der Waals surface area contributed by atoms with Crippen molar-refractivity contribution in [2.75, 3.05) is 20.2 Å². The number of benzene rings is 1. The summed E-state index contributed by atoms with van der Waals surface area (Å²) < 4.78 is 5.36. The molecule has 1 aliphatic rings. The molecule has 0 saturated carbocycles. The molecule has 6 heteroatoms. The van der Waals surface area contributed by atoms with E-state index in [9.17, 15) is 9.59 Å². The van der Waals surface area contributed by atoms with Crippen molar-refractivity contribution >= 4 is 39.4 Å². The molecule has 1 saturated heterocycles. The van der Waals surface area contributed by atoms with Crippen LogP contribution in [0.15, 0.2) is 22.7 Å². The number of methoxy groups -OCH3 is 1. The van der Waals surface area contributed by atoms with Gasteiger partial charge in [0.05, 0.1) is 18.6 Å². The van der Waals surface area contributed by atoms with E-state index in [0.29, 0.717) is 34.6 Å². The number of rotatable bonds is 2. The van der Waals surface area contributed by atoms with Crippen LogP contribution >= 0.6 is 27.5 Å². The molecule has 0 spiro atoms. The van der Waals surface area contributed by atoms with Crippen LogP contribution < -0.4 is 0 Å². The SMILES string of the molecule is COC(=O)C1CCN(C(=O)c2ccc(Cl)cc2Br)C1. The Balaban J connectivity index is 2.11. The Kier molecular flexibility index (Phi) is 4.47. The summed E-state index contributed by atoms with van der Waals surface area (Å²) in [5.74, 6) is -0.583. The second kappa shape index (κ2) is 5.92. The predicted octanol–water partition coefficient (Wildman–Crippen LogP) is 2.74. The molecule has 0 N–H and O–H groups in total. The van der Waals surface area contributed by atoms with Crippen molar-refractivity contribution in [2.45, 2.75) is 6.42 Å². The molecule has 2 rings (SSSR count). The van der Waals surface area contributed by atoms with Gasteiger partial charge in [0, 0.05) is 22.6 Å². The molecule has 1 fully saturated rings. The van der Waals surface area contributed by atoms with Crippen LogP contribution in [-0.2, 0) is 9.53 Å². The van der Waals surface area contributed by atoms with Gasteiger partial charge in [0.15, 0.2) is 0 Å². The molecular weight excluding hydrogens is 334 g/mol.